The Bertz CT molecular complexity index is 843. The molecule has 0 heterocycles. The Morgan fingerprint density at radius 3 is 2.32 bits per heavy atom. The summed E-state index contributed by atoms with van der Waals surface area (Å²) in [6.45, 7) is 0.441. The van der Waals surface area contributed by atoms with Crippen LogP contribution in [0.2, 0.25) is 5.02 Å². The molecule has 150 valence electrons. The van der Waals surface area contributed by atoms with Gasteiger partial charge in [0, 0.05) is 24.0 Å². The summed E-state index contributed by atoms with van der Waals surface area (Å²) in [6, 6.07) is 9.63. The highest BCUT2D eigenvalue weighted by atomic mass is 35.5. The van der Waals surface area contributed by atoms with Crippen molar-refractivity contribution in [2.75, 3.05) is 45.2 Å². The highest BCUT2D eigenvalue weighted by Crippen LogP contribution is 2.36. The van der Waals surface area contributed by atoms with Gasteiger partial charge in [-0.2, -0.15) is 0 Å². The van der Waals surface area contributed by atoms with Crippen LogP contribution in [0.1, 0.15) is 10.4 Å². The van der Waals surface area contributed by atoms with Crippen LogP contribution >= 0.6 is 11.6 Å². The average Bonchev–Trinajstić information content (AvgIpc) is 2.67. The fourth-order valence-corrected chi connectivity index (χ4v) is 2.59. The maximum absolute atomic E-state index is 12.5. The molecule has 0 aliphatic carbocycles. The maximum Gasteiger partial charge on any atom is 0.411 e. The number of nitrogens with one attached hydrogen (secondary N) is 2. The molecule has 9 heteroatoms. The van der Waals surface area contributed by atoms with Crippen LogP contribution in [-0.4, -0.2) is 46.5 Å². The first-order valence-electron chi connectivity index (χ1n) is 8.24. The number of carbonyl (C=O) groups is 2. The van der Waals surface area contributed by atoms with Gasteiger partial charge in [-0.1, -0.05) is 17.7 Å². The molecular weight excluding hydrogens is 388 g/mol. The quantitative estimate of drug-likeness (QED) is 0.645. The number of anilines is 2. The van der Waals surface area contributed by atoms with Gasteiger partial charge in [-0.25, -0.2) is 4.79 Å². The van der Waals surface area contributed by atoms with E-state index in [2.05, 4.69) is 10.6 Å². The van der Waals surface area contributed by atoms with Crippen LogP contribution < -0.4 is 20.1 Å². The first-order chi connectivity index (χ1) is 13.5. The standard InChI is InChI=1S/C19H21ClN2O6/c1-25-7-8-28-19(24)22-14-6-4-5-13(11-14)21-18(23)12-9-15(20)17(27-3)16(10-12)26-2/h4-6,9-11H,7-8H2,1-3H3,(H,21,23)(H,22,24). The molecule has 0 aliphatic rings. The Labute approximate surface area is 167 Å². The lowest BCUT2D eigenvalue weighted by molar-refractivity contribution is 0.102. The van der Waals surface area contributed by atoms with Crippen molar-refractivity contribution in [3.05, 3.63) is 47.0 Å². The van der Waals surface area contributed by atoms with Crippen molar-refractivity contribution in [1.29, 1.82) is 0 Å². The van der Waals surface area contributed by atoms with E-state index in [1.807, 2.05) is 0 Å². The van der Waals surface area contributed by atoms with E-state index in [1.165, 1.54) is 33.5 Å². The predicted octanol–water partition coefficient (Wildman–Crippen LogP) is 3.80. The van der Waals surface area contributed by atoms with E-state index in [-0.39, 0.29) is 11.6 Å². The van der Waals surface area contributed by atoms with Crippen molar-refractivity contribution in [2.45, 2.75) is 0 Å². The molecule has 2 aromatic rings. The minimum atomic E-state index is -0.618. The number of rotatable bonds is 8. The molecule has 0 saturated carbocycles. The molecule has 28 heavy (non-hydrogen) atoms. The lowest BCUT2D eigenvalue weighted by Gasteiger charge is -2.12. The minimum absolute atomic E-state index is 0.138. The van der Waals surface area contributed by atoms with Crippen molar-refractivity contribution in [3.63, 3.8) is 0 Å². The molecule has 2 rings (SSSR count). The van der Waals surface area contributed by atoms with Crippen molar-refractivity contribution >= 4 is 35.0 Å². The Morgan fingerprint density at radius 2 is 1.68 bits per heavy atom. The van der Waals surface area contributed by atoms with Crippen LogP contribution in [0.4, 0.5) is 16.2 Å². The molecular formula is C19H21ClN2O6. The van der Waals surface area contributed by atoms with E-state index in [0.29, 0.717) is 35.0 Å². The minimum Gasteiger partial charge on any atom is -0.493 e. The number of ether oxygens (including phenoxy) is 4. The number of amides is 2. The second-order valence-electron chi connectivity index (χ2n) is 5.48. The number of methoxy groups -OCH3 is 3. The number of halogens is 1. The van der Waals surface area contributed by atoms with Gasteiger partial charge in [-0.15, -0.1) is 0 Å². The monoisotopic (exact) mass is 408 g/mol. The lowest BCUT2D eigenvalue weighted by atomic mass is 10.1. The Kier molecular flexibility index (Phi) is 7.91. The zero-order chi connectivity index (χ0) is 20.5. The van der Waals surface area contributed by atoms with E-state index in [0.717, 1.165) is 0 Å². The largest absolute Gasteiger partial charge is 0.493 e. The second kappa shape index (κ2) is 10.4. The molecule has 2 N–H and O–H groups in total. The third-order valence-corrected chi connectivity index (χ3v) is 3.86. The number of carbonyl (C=O) groups excluding carboxylic acids is 2. The summed E-state index contributed by atoms with van der Waals surface area (Å²) in [5, 5.41) is 5.56. The van der Waals surface area contributed by atoms with E-state index >= 15 is 0 Å². The first kappa shape index (κ1) is 21.3. The smallest absolute Gasteiger partial charge is 0.411 e. The summed E-state index contributed by atoms with van der Waals surface area (Å²) in [5.41, 5.74) is 1.23. The molecule has 8 nitrogen and oxygen atoms in total. The molecule has 0 aromatic heterocycles. The maximum atomic E-state index is 12.5. The molecule has 0 aliphatic heterocycles. The molecule has 0 unspecified atom stereocenters. The molecule has 0 atom stereocenters. The summed E-state index contributed by atoms with van der Waals surface area (Å²) in [6.07, 6.45) is -0.618. The van der Waals surface area contributed by atoms with Crippen LogP contribution in [0.25, 0.3) is 0 Å². The topological polar surface area (TPSA) is 95.1 Å². The van der Waals surface area contributed by atoms with Crippen LogP contribution in [0, 0.1) is 0 Å². The van der Waals surface area contributed by atoms with Gasteiger partial charge in [0.05, 0.1) is 25.8 Å². The van der Waals surface area contributed by atoms with Crippen LogP contribution in [0.15, 0.2) is 36.4 Å². The third-order valence-electron chi connectivity index (χ3n) is 3.58. The van der Waals surface area contributed by atoms with E-state index in [4.69, 9.17) is 30.5 Å². The fraction of sp³-hybridized carbons (Fsp3) is 0.263. The molecule has 0 saturated heterocycles. The summed E-state index contributed by atoms with van der Waals surface area (Å²) < 4.78 is 20.1. The first-order valence-corrected chi connectivity index (χ1v) is 8.62. The molecule has 2 aromatic carbocycles. The van der Waals surface area contributed by atoms with E-state index < -0.39 is 12.0 Å². The summed E-state index contributed by atoms with van der Waals surface area (Å²) >= 11 is 6.14. The SMILES string of the molecule is COCCOC(=O)Nc1cccc(NC(=O)c2cc(Cl)c(OC)c(OC)c2)c1. The summed E-state index contributed by atoms with van der Waals surface area (Å²) in [5.74, 6) is 0.288. The van der Waals surface area contributed by atoms with Gasteiger partial charge in [0.2, 0.25) is 0 Å². The average molecular weight is 409 g/mol. The fourth-order valence-electron chi connectivity index (χ4n) is 2.30. The lowest BCUT2D eigenvalue weighted by Crippen LogP contribution is -2.17. The van der Waals surface area contributed by atoms with Crippen LogP contribution in [-0.2, 0) is 9.47 Å². The van der Waals surface area contributed by atoms with Gasteiger partial charge in [-0.05, 0) is 30.3 Å². The number of hydrogen-bond acceptors (Lipinski definition) is 6. The normalized spacial score (nSPS) is 10.1. The summed E-state index contributed by atoms with van der Waals surface area (Å²) in [7, 11) is 4.43. The van der Waals surface area contributed by atoms with Gasteiger partial charge in [0.15, 0.2) is 11.5 Å². The van der Waals surface area contributed by atoms with Crippen LogP contribution in [0.3, 0.4) is 0 Å². The Balaban J connectivity index is 2.08. The van der Waals surface area contributed by atoms with Gasteiger partial charge < -0.3 is 24.3 Å². The number of benzene rings is 2. The van der Waals surface area contributed by atoms with Gasteiger partial charge in [0.25, 0.3) is 5.91 Å². The highest BCUT2D eigenvalue weighted by Gasteiger charge is 2.15. The molecule has 0 bridgehead atoms. The molecule has 2 amide bonds. The highest BCUT2D eigenvalue weighted by molar-refractivity contribution is 6.32. The van der Waals surface area contributed by atoms with Crippen molar-refractivity contribution < 1.29 is 28.5 Å². The van der Waals surface area contributed by atoms with Crippen molar-refractivity contribution in [3.8, 4) is 11.5 Å². The predicted molar refractivity (Wildman–Crippen MR) is 106 cm³/mol. The van der Waals surface area contributed by atoms with E-state index in [9.17, 15) is 9.59 Å². The Morgan fingerprint density at radius 1 is 0.964 bits per heavy atom. The molecule has 0 fully saturated rings. The van der Waals surface area contributed by atoms with Gasteiger partial charge in [0.1, 0.15) is 6.61 Å². The zero-order valence-corrected chi connectivity index (χ0v) is 16.5. The van der Waals surface area contributed by atoms with Crippen LogP contribution in [0.5, 0.6) is 11.5 Å². The van der Waals surface area contributed by atoms with Crippen molar-refractivity contribution in [1.82, 2.24) is 0 Å². The summed E-state index contributed by atoms with van der Waals surface area (Å²) in [4.78, 5) is 24.2. The van der Waals surface area contributed by atoms with E-state index in [1.54, 1.807) is 24.3 Å². The van der Waals surface area contributed by atoms with Gasteiger partial charge in [-0.3, -0.25) is 10.1 Å². The Hall–Kier alpha value is -2.97. The third kappa shape index (κ3) is 5.77. The zero-order valence-electron chi connectivity index (χ0n) is 15.7. The molecule has 0 spiro atoms. The van der Waals surface area contributed by atoms with Crippen molar-refractivity contribution in [2.24, 2.45) is 0 Å². The second-order valence-corrected chi connectivity index (χ2v) is 5.89. The molecule has 0 radical (unpaired) electrons. The number of hydrogen-bond donors (Lipinski definition) is 2. The van der Waals surface area contributed by atoms with Gasteiger partial charge >= 0.3 is 6.09 Å².